The molecule has 18 heavy (non-hydrogen) atoms. The first-order valence-electron chi connectivity index (χ1n) is 6.36. The molecule has 0 aliphatic carbocycles. The number of amides is 1. The molecule has 4 nitrogen and oxygen atoms in total. The van der Waals surface area contributed by atoms with Crippen LogP contribution in [0.4, 0.5) is 0 Å². The van der Waals surface area contributed by atoms with Crippen molar-refractivity contribution < 1.29 is 13.9 Å². The van der Waals surface area contributed by atoms with Crippen LogP contribution in [0.25, 0.3) is 0 Å². The van der Waals surface area contributed by atoms with Crippen LogP contribution in [0, 0.1) is 6.92 Å². The summed E-state index contributed by atoms with van der Waals surface area (Å²) in [6.07, 6.45) is 0.0637. The Labute approximate surface area is 109 Å². The average molecular weight is 253 g/mol. The van der Waals surface area contributed by atoms with Gasteiger partial charge in [0.1, 0.15) is 18.1 Å². The Morgan fingerprint density at radius 1 is 1.33 bits per heavy atom. The van der Waals surface area contributed by atoms with Crippen molar-refractivity contribution in [2.75, 3.05) is 6.61 Å². The van der Waals surface area contributed by atoms with E-state index in [4.69, 9.17) is 9.15 Å². The molecule has 0 spiro atoms. The third-order valence-corrected chi connectivity index (χ3v) is 2.61. The summed E-state index contributed by atoms with van der Waals surface area (Å²) in [7, 11) is 0. The number of aryl methyl sites for hydroxylation is 1. The number of hydrogen-bond donors (Lipinski definition) is 0. The lowest BCUT2D eigenvalue weighted by molar-refractivity contribution is -0.140. The third-order valence-electron chi connectivity index (χ3n) is 2.61. The van der Waals surface area contributed by atoms with Gasteiger partial charge in [-0.1, -0.05) is 0 Å². The monoisotopic (exact) mass is 253 g/mol. The van der Waals surface area contributed by atoms with Crippen molar-refractivity contribution in [3.8, 4) is 0 Å². The Morgan fingerprint density at radius 3 is 2.44 bits per heavy atom. The molecule has 0 aliphatic rings. The molecule has 0 atom stereocenters. The Hall–Kier alpha value is -1.29. The van der Waals surface area contributed by atoms with Gasteiger partial charge in [-0.15, -0.1) is 0 Å². The second-order valence-electron chi connectivity index (χ2n) is 4.99. The van der Waals surface area contributed by atoms with Crippen molar-refractivity contribution in [3.05, 3.63) is 23.7 Å². The van der Waals surface area contributed by atoms with E-state index in [0.717, 1.165) is 11.5 Å². The molecule has 0 saturated carbocycles. The van der Waals surface area contributed by atoms with E-state index in [1.165, 1.54) is 0 Å². The van der Waals surface area contributed by atoms with Gasteiger partial charge in [-0.25, -0.2) is 0 Å². The fourth-order valence-corrected chi connectivity index (χ4v) is 1.62. The van der Waals surface area contributed by atoms with Gasteiger partial charge in [0.05, 0.1) is 12.6 Å². The zero-order valence-electron chi connectivity index (χ0n) is 11.9. The first-order chi connectivity index (χ1) is 8.40. The molecule has 0 bridgehead atoms. The average Bonchev–Trinajstić information content (AvgIpc) is 2.68. The summed E-state index contributed by atoms with van der Waals surface area (Å²) in [5.74, 6) is 1.66. The summed E-state index contributed by atoms with van der Waals surface area (Å²) >= 11 is 0. The molecule has 1 aromatic rings. The molecule has 0 aliphatic heterocycles. The van der Waals surface area contributed by atoms with E-state index >= 15 is 0 Å². The lowest BCUT2D eigenvalue weighted by Gasteiger charge is -2.26. The molecule has 4 heteroatoms. The SMILES string of the molecule is Cc1ccc(CN(C(=O)COC(C)C)C(C)C)o1. The molecule has 0 radical (unpaired) electrons. The van der Waals surface area contributed by atoms with Gasteiger partial charge in [0.2, 0.25) is 5.91 Å². The maximum Gasteiger partial charge on any atom is 0.249 e. The Bertz CT molecular complexity index is 382. The fraction of sp³-hybridized carbons (Fsp3) is 0.643. The second-order valence-corrected chi connectivity index (χ2v) is 4.99. The van der Waals surface area contributed by atoms with Crippen LogP contribution < -0.4 is 0 Å². The second kappa shape index (κ2) is 6.59. The Kier molecular flexibility index (Phi) is 5.41. The van der Waals surface area contributed by atoms with Crippen LogP contribution in [0.3, 0.4) is 0 Å². The lowest BCUT2D eigenvalue weighted by atomic mass is 10.3. The predicted octanol–water partition coefficient (Wildman–Crippen LogP) is 2.75. The smallest absolute Gasteiger partial charge is 0.249 e. The van der Waals surface area contributed by atoms with Gasteiger partial charge in [-0.2, -0.15) is 0 Å². The number of nitrogens with zero attached hydrogens (tertiary/aromatic N) is 1. The Balaban J connectivity index is 2.62. The Morgan fingerprint density at radius 2 is 2.00 bits per heavy atom. The van der Waals surface area contributed by atoms with Crippen molar-refractivity contribution in [1.82, 2.24) is 4.90 Å². The number of furan rings is 1. The fourth-order valence-electron chi connectivity index (χ4n) is 1.62. The highest BCUT2D eigenvalue weighted by Crippen LogP contribution is 2.12. The van der Waals surface area contributed by atoms with Gasteiger partial charge in [-0.05, 0) is 46.8 Å². The summed E-state index contributed by atoms with van der Waals surface area (Å²) in [6.45, 7) is 10.3. The maximum absolute atomic E-state index is 12.1. The highest BCUT2D eigenvalue weighted by atomic mass is 16.5. The molecule has 0 unspecified atom stereocenters. The van der Waals surface area contributed by atoms with Crippen molar-refractivity contribution >= 4 is 5.91 Å². The summed E-state index contributed by atoms with van der Waals surface area (Å²) in [6, 6.07) is 3.93. The third kappa shape index (κ3) is 4.53. The minimum absolute atomic E-state index is 0.00671. The quantitative estimate of drug-likeness (QED) is 0.783. The minimum Gasteiger partial charge on any atom is -0.464 e. The van der Waals surface area contributed by atoms with Gasteiger partial charge in [0, 0.05) is 6.04 Å². The van der Waals surface area contributed by atoms with Crippen LogP contribution in [0.15, 0.2) is 16.5 Å². The summed E-state index contributed by atoms with van der Waals surface area (Å²) in [4.78, 5) is 13.8. The largest absolute Gasteiger partial charge is 0.464 e. The van der Waals surface area contributed by atoms with Crippen LogP contribution in [0.2, 0.25) is 0 Å². The summed E-state index contributed by atoms with van der Waals surface area (Å²) < 4.78 is 10.9. The zero-order chi connectivity index (χ0) is 13.7. The number of carbonyl (C=O) groups excluding carboxylic acids is 1. The number of ether oxygens (including phenoxy) is 1. The minimum atomic E-state index is -0.00671. The van der Waals surface area contributed by atoms with E-state index in [1.807, 2.05) is 46.8 Å². The molecule has 1 rings (SSSR count). The van der Waals surface area contributed by atoms with Crippen LogP contribution in [0.5, 0.6) is 0 Å². The van der Waals surface area contributed by atoms with E-state index in [2.05, 4.69) is 0 Å². The molecule has 0 N–H and O–H groups in total. The van der Waals surface area contributed by atoms with Crippen molar-refractivity contribution in [2.24, 2.45) is 0 Å². The molecular formula is C14H23NO3. The highest BCUT2D eigenvalue weighted by Gasteiger charge is 2.19. The van der Waals surface area contributed by atoms with Gasteiger partial charge < -0.3 is 14.1 Å². The molecular weight excluding hydrogens is 230 g/mol. The van der Waals surface area contributed by atoms with E-state index in [9.17, 15) is 4.79 Å². The van der Waals surface area contributed by atoms with Crippen molar-refractivity contribution in [1.29, 1.82) is 0 Å². The number of hydrogen-bond acceptors (Lipinski definition) is 3. The number of carbonyl (C=O) groups is 1. The maximum atomic E-state index is 12.1. The molecule has 0 saturated heterocycles. The van der Waals surface area contributed by atoms with Crippen LogP contribution >= 0.6 is 0 Å². The van der Waals surface area contributed by atoms with Crippen LogP contribution in [-0.4, -0.2) is 29.6 Å². The molecule has 0 aromatic carbocycles. The van der Waals surface area contributed by atoms with Gasteiger partial charge in [0.15, 0.2) is 0 Å². The van der Waals surface area contributed by atoms with E-state index in [1.54, 1.807) is 4.90 Å². The molecule has 0 fully saturated rings. The topological polar surface area (TPSA) is 42.7 Å². The van der Waals surface area contributed by atoms with Crippen molar-refractivity contribution in [2.45, 2.75) is 53.3 Å². The number of rotatable bonds is 6. The van der Waals surface area contributed by atoms with Crippen molar-refractivity contribution in [3.63, 3.8) is 0 Å². The normalized spacial score (nSPS) is 11.3. The molecule has 1 aromatic heterocycles. The highest BCUT2D eigenvalue weighted by molar-refractivity contribution is 5.77. The predicted molar refractivity (Wildman–Crippen MR) is 70.2 cm³/mol. The zero-order valence-corrected chi connectivity index (χ0v) is 11.9. The van der Waals surface area contributed by atoms with E-state index < -0.39 is 0 Å². The summed E-state index contributed by atoms with van der Waals surface area (Å²) in [5, 5.41) is 0. The van der Waals surface area contributed by atoms with Crippen LogP contribution in [0.1, 0.15) is 39.2 Å². The lowest BCUT2D eigenvalue weighted by Crippen LogP contribution is -2.39. The van der Waals surface area contributed by atoms with Gasteiger partial charge in [0.25, 0.3) is 0 Å². The molecule has 1 heterocycles. The molecule has 1 amide bonds. The van der Waals surface area contributed by atoms with Gasteiger partial charge in [-0.3, -0.25) is 4.79 Å². The molecule has 102 valence electrons. The summed E-state index contributed by atoms with van der Waals surface area (Å²) in [5.41, 5.74) is 0. The van der Waals surface area contributed by atoms with E-state index in [0.29, 0.717) is 6.54 Å². The van der Waals surface area contributed by atoms with Crippen LogP contribution in [-0.2, 0) is 16.1 Å². The first kappa shape index (κ1) is 14.8. The van der Waals surface area contributed by atoms with Gasteiger partial charge >= 0.3 is 0 Å². The van der Waals surface area contributed by atoms with E-state index in [-0.39, 0.29) is 24.7 Å². The first-order valence-corrected chi connectivity index (χ1v) is 6.36. The standard InChI is InChI=1S/C14H23NO3/c1-10(2)15(14(16)9-17-11(3)4)8-13-7-6-12(5)18-13/h6-7,10-11H,8-9H2,1-5H3.